The quantitative estimate of drug-likeness (QED) is 0.627. The van der Waals surface area contributed by atoms with Gasteiger partial charge in [-0.25, -0.2) is 0 Å². The van der Waals surface area contributed by atoms with Gasteiger partial charge >= 0.3 is 0 Å². The topological polar surface area (TPSA) is 48.3 Å². The van der Waals surface area contributed by atoms with Crippen LogP contribution < -0.4 is 10.1 Å². The Bertz CT molecular complexity index is 289. The fourth-order valence-electron chi connectivity index (χ4n) is 1.43. The van der Waals surface area contributed by atoms with E-state index in [4.69, 9.17) is 9.47 Å². The Hall–Kier alpha value is -1.07. The lowest BCUT2D eigenvalue weighted by atomic mass is 10.3. The highest BCUT2D eigenvalue weighted by Gasteiger charge is 1.97. The van der Waals surface area contributed by atoms with Gasteiger partial charge in [0.25, 0.3) is 0 Å². The van der Waals surface area contributed by atoms with Crippen molar-refractivity contribution in [2.45, 2.75) is 26.3 Å². The van der Waals surface area contributed by atoms with Gasteiger partial charge in [0.15, 0.2) is 5.75 Å². The molecule has 5 heteroatoms. The molecular weight excluding hydrogens is 218 g/mol. The smallest absolute Gasteiger partial charge is 0.157 e. The molecule has 0 aliphatic heterocycles. The largest absolute Gasteiger partial charge is 0.490 e. The Balaban J connectivity index is 1.93. The highest BCUT2D eigenvalue weighted by Crippen LogP contribution is 2.08. The van der Waals surface area contributed by atoms with Gasteiger partial charge in [0.05, 0.1) is 25.6 Å². The molecule has 0 unspecified atom stereocenters. The minimum Gasteiger partial charge on any atom is -0.490 e. The summed E-state index contributed by atoms with van der Waals surface area (Å²) in [5.74, 6) is 0.860. The Labute approximate surface area is 103 Å². The molecule has 1 heterocycles. The van der Waals surface area contributed by atoms with Crippen molar-refractivity contribution in [3.8, 4) is 5.75 Å². The zero-order valence-corrected chi connectivity index (χ0v) is 10.8. The van der Waals surface area contributed by atoms with Crippen LogP contribution >= 0.6 is 0 Å². The van der Waals surface area contributed by atoms with Crippen molar-refractivity contribution in [3.05, 3.63) is 12.4 Å². The van der Waals surface area contributed by atoms with Crippen LogP contribution in [0.3, 0.4) is 0 Å². The van der Waals surface area contributed by atoms with Crippen LogP contribution in [0, 0.1) is 0 Å². The van der Waals surface area contributed by atoms with Gasteiger partial charge in [-0.05, 0) is 26.3 Å². The van der Waals surface area contributed by atoms with E-state index in [9.17, 15) is 0 Å². The summed E-state index contributed by atoms with van der Waals surface area (Å²) in [6.45, 7) is 6.39. The van der Waals surface area contributed by atoms with E-state index in [2.05, 4.69) is 17.3 Å². The van der Waals surface area contributed by atoms with Crippen LogP contribution in [0.15, 0.2) is 12.4 Å². The number of nitrogens with zero attached hydrogens (tertiary/aromatic N) is 2. The number of hydrogen-bond acceptors (Lipinski definition) is 4. The molecule has 0 saturated carbocycles. The van der Waals surface area contributed by atoms with Crippen molar-refractivity contribution in [1.29, 1.82) is 0 Å². The van der Waals surface area contributed by atoms with Gasteiger partial charge in [-0.15, -0.1) is 0 Å². The average Bonchev–Trinajstić information content (AvgIpc) is 2.80. The van der Waals surface area contributed by atoms with E-state index in [0.717, 1.165) is 51.4 Å². The minimum atomic E-state index is 0.751. The number of aromatic nitrogens is 2. The molecule has 1 aromatic rings. The second kappa shape index (κ2) is 9.01. The molecular formula is C12H23N3O2. The minimum absolute atomic E-state index is 0.751. The van der Waals surface area contributed by atoms with Crippen molar-refractivity contribution in [2.24, 2.45) is 0 Å². The van der Waals surface area contributed by atoms with Gasteiger partial charge in [-0.3, -0.25) is 4.68 Å². The van der Waals surface area contributed by atoms with Gasteiger partial charge in [0, 0.05) is 20.2 Å². The maximum Gasteiger partial charge on any atom is 0.157 e. The lowest BCUT2D eigenvalue weighted by Crippen LogP contribution is -2.20. The van der Waals surface area contributed by atoms with E-state index in [-0.39, 0.29) is 0 Å². The molecule has 0 bridgehead atoms. The standard InChI is InChI=1S/C12H23N3O2/c1-3-15-11-12(10-14-15)17-8-5-4-6-13-7-9-16-2/h10-11,13H,3-9H2,1-2H3. The van der Waals surface area contributed by atoms with E-state index in [0.29, 0.717) is 0 Å². The molecule has 0 aromatic carbocycles. The van der Waals surface area contributed by atoms with Gasteiger partial charge in [0.2, 0.25) is 0 Å². The van der Waals surface area contributed by atoms with Crippen molar-refractivity contribution in [1.82, 2.24) is 15.1 Å². The Kier molecular flexibility index (Phi) is 7.42. The maximum absolute atomic E-state index is 5.58. The Morgan fingerprint density at radius 2 is 2.18 bits per heavy atom. The number of nitrogens with one attached hydrogen (secondary N) is 1. The van der Waals surface area contributed by atoms with Crippen molar-refractivity contribution >= 4 is 0 Å². The second-order valence-electron chi connectivity index (χ2n) is 3.83. The highest BCUT2D eigenvalue weighted by molar-refractivity contribution is 5.11. The molecule has 0 amide bonds. The first kappa shape index (κ1) is 14.0. The molecule has 0 fully saturated rings. The first-order chi connectivity index (χ1) is 8.36. The molecule has 0 atom stereocenters. The number of rotatable bonds is 10. The molecule has 0 radical (unpaired) electrons. The fraction of sp³-hybridized carbons (Fsp3) is 0.750. The maximum atomic E-state index is 5.58. The molecule has 5 nitrogen and oxygen atoms in total. The summed E-state index contributed by atoms with van der Waals surface area (Å²) in [5, 5.41) is 7.45. The fourth-order valence-corrected chi connectivity index (χ4v) is 1.43. The van der Waals surface area contributed by atoms with Crippen molar-refractivity contribution in [2.75, 3.05) is 33.4 Å². The average molecular weight is 241 g/mol. The molecule has 0 saturated heterocycles. The zero-order valence-electron chi connectivity index (χ0n) is 10.8. The molecule has 0 aliphatic rings. The van der Waals surface area contributed by atoms with Crippen LogP contribution in [0.2, 0.25) is 0 Å². The zero-order chi connectivity index (χ0) is 12.3. The monoisotopic (exact) mass is 241 g/mol. The number of unbranched alkanes of at least 4 members (excludes halogenated alkanes) is 1. The molecule has 17 heavy (non-hydrogen) atoms. The summed E-state index contributed by atoms with van der Waals surface area (Å²) >= 11 is 0. The van der Waals surface area contributed by atoms with E-state index in [1.54, 1.807) is 13.3 Å². The van der Waals surface area contributed by atoms with Crippen LogP contribution in [0.5, 0.6) is 5.75 Å². The Morgan fingerprint density at radius 3 is 2.88 bits per heavy atom. The summed E-state index contributed by atoms with van der Waals surface area (Å²) in [6, 6.07) is 0. The molecule has 0 spiro atoms. The molecule has 98 valence electrons. The molecule has 1 aromatic heterocycles. The molecule has 1 N–H and O–H groups in total. The lowest BCUT2D eigenvalue weighted by Gasteiger charge is -2.04. The van der Waals surface area contributed by atoms with Gasteiger partial charge in [0.1, 0.15) is 0 Å². The van der Waals surface area contributed by atoms with Crippen LogP contribution in [-0.2, 0) is 11.3 Å². The third-order valence-corrected chi connectivity index (χ3v) is 2.43. The summed E-state index contributed by atoms with van der Waals surface area (Å²) < 4.78 is 12.4. The van der Waals surface area contributed by atoms with Gasteiger partial charge in [-0.2, -0.15) is 5.10 Å². The predicted molar refractivity (Wildman–Crippen MR) is 67.4 cm³/mol. The summed E-state index contributed by atoms with van der Waals surface area (Å²) in [7, 11) is 1.71. The first-order valence-corrected chi connectivity index (χ1v) is 6.21. The SMILES string of the molecule is CCn1cc(OCCCCNCCOC)cn1. The van der Waals surface area contributed by atoms with Crippen LogP contribution in [-0.4, -0.2) is 43.2 Å². The Morgan fingerprint density at radius 1 is 1.29 bits per heavy atom. The summed E-state index contributed by atoms with van der Waals surface area (Å²) in [5.41, 5.74) is 0. The third kappa shape index (κ3) is 6.28. The number of hydrogen-bond donors (Lipinski definition) is 1. The van der Waals surface area contributed by atoms with E-state index < -0.39 is 0 Å². The van der Waals surface area contributed by atoms with Crippen LogP contribution in [0.25, 0.3) is 0 Å². The predicted octanol–water partition coefficient (Wildman–Crippen LogP) is 1.30. The van der Waals surface area contributed by atoms with Gasteiger partial charge < -0.3 is 14.8 Å². The first-order valence-electron chi connectivity index (χ1n) is 6.21. The highest BCUT2D eigenvalue weighted by atomic mass is 16.5. The van der Waals surface area contributed by atoms with Crippen LogP contribution in [0.4, 0.5) is 0 Å². The number of ether oxygens (including phenoxy) is 2. The normalized spacial score (nSPS) is 10.7. The second-order valence-corrected chi connectivity index (χ2v) is 3.83. The lowest BCUT2D eigenvalue weighted by molar-refractivity contribution is 0.199. The molecule has 1 rings (SSSR count). The van der Waals surface area contributed by atoms with E-state index in [1.165, 1.54) is 0 Å². The van der Waals surface area contributed by atoms with Crippen molar-refractivity contribution < 1.29 is 9.47 Å². The number of aryl methyl sites for hydroxylation is 1. The summed E-state index contributed by atoms with van der Waals surface area (Å²) in [4.78, 5) is 0. The van der Waals surface area contributed by atoms with Crippen molar-refractivity contribution in [3.63, 3.8) is 0 Å². The van der Waals surface area contributed by atoms with Gasteiger partial charge in [-0.1, -0.05) is 0 Å². The summed E-state index contributed by atoms with van der Waals surface area (Å²) in [6.07, 6.45) is 5.86. The van der Waals surface area contributed by atoms with Crippen LogP contribution in [0.1, 0.15) is 19.8 Å². The number of methoxy groups -OCH3 is 1. The van der Waals surface area contributed by atoms with E-state index >= 15 is 0 Å². The molecule has 0 aliphatic carbocycles. The third-order valence-electron chi connectivity index (χ3n) is 2.43. The van der Waals surface area contributed by atoms with E-state index in [1.807, 2.05) is 10.9 Å².